The highest BCUT2D eigenvalue weighted by Crippen LogP contribution is 2.48. The molecule has 2 aliphatic rings. The number of rotatable bonds is 3. The number of hydrogen-bond donors (Lipinski definition) is 1. The van der Waals surface area contributed by atoms with Crippen LogP contribution in [0.25, 0.3) is 0 Å². The molecule has 2 heterocycles. The highest BCUT2D eigenvalue weighted by molar-refractivity contribution is 7.13. The molecular formula is C19H21N3O2S-2. The molecule has 5 nitrogen and oxygen atoms in total. The van der Waals surface area contributed by atoms with Crippen LogP contribution in [0, 0.1) is 5.92 Å². The lowest BCUT2D eigenvalue weighted by atomic mass is 9.71. The van der Waals surface area contributed by atoms with Crippen LogP contribution in [0.3, 0.4) is 0 Å². The van der Waals surface area contributed by atoms with Gasteiger partial charge in [0.05, 0.1) is 0 Å². The fraction of sp³-hybridized carbons (Fsp3) is 0.421. The fourth-order valence-electron chi connectivity index (χ4n) is 3.98. The lowest BCUT2D eigenvalue weighted by molar-refractivity contribution is -0.537. The Bertz CT molecular complexity index is 793. The Labute approximate surface area is 151 Å². The summed E-state index contributed by atoms with van der Waals surface area (Å²) in [6.07, 6.45) is 1.67. The molecule has 132 valence electrons. The first kappa shape index (κ1) is 16.6. The SMILES string of the molecule is CN1/C(=C/C2C([O-])C(Nc3nccs3)C2[O-])C(C)(C)c2ccccc21. The van der Waals surface area contributed by atoms with Gasteiger partial charge in [0.2, 0.25) is 0 Å². The Balaban J connectivity index is 1.58. The maximum absolute atomic E-state index is 12.6. The predicted molar refractivity (Wildman–Crippen MR) is 96.5 cm³/mol. The van der Waals surface area contributed by atoms with Crippen molar-refractivity contribution in [2.75, 3.05) is 17.3 Å². The fourth-order valence-corrected chi connectivity index (χ4v) is 4.56. The third-order valence-electron chi connectivity index (χ3n) is 5.48. The van der Waals surface area contributed by atoms with Crippen molar-refractivity contribution in [2.45, 2.75) is 37.5 Å². The van der Waals surface area contributed by atoms with Crippen LogP contribution < -0.4 is 20.4 Å². The molecule has 0 amide bonds. The van der Waals surface area contributed by atoms with Crippen molar-refractivity contribution in [3.63, 3.8) is 0 Å². The van der Waals surface area contributed by atoms with Crippen molar-refractivity contribution >= 4 is 22.2 Å². The minimum atomic E-state index is -0.952. The number of anilines is 2. The smallest absolute Gasteiger partial charge is 0.182 e. The Kier molecular flexibility index (Phi) is 3.86. The summed E-state index contributed by atoms with van der Waals surface area (Å²) in [6.45, 7) is 4.29. The van der Waals surface area contributed by atoms with Gasteiger partial charge in [0, 0.05) is 41.5 Å². The zero-order chi connectivity index (χ0) is 17.8. The van der Waals surface area contributed by atoms with Gasteiger partial charge in [0.1, 0.15) is 0 Å². The van der Waals surface area contributed by atoms with Gasteiger partial charge in [-0.15, -0.1) is 23.5 Å². The molecule has 0 bridgehead atoms. The van der Waals surface area contributed by atoms with Gasteiger partial charge in [0.15, 0.2) is 5.13 Å². The molecule has 1 aliphatic heterocycles. The molecule has 1 N–H and O–H groups in total. The topological polar surface area (TPSA) is 74.3 Å². The summed E-state index contributed by atoms with van der Waals surface area (Å²) < 4.78 is 0. The summed E-state index contributed by atoms with van der Waals surface area (Å²) in [4.78, 5) is 6.21. The number of aromatic nitrogens is 1. The zero-order valence-electron chi connectivity index (χ0n) is 14.5. The van der Waals surface area contributed by atoms with Crippen molar-refractivity contribution in [1.29, 1.82) is 0 Å². The Morgan fingerprint density at radius 2 is 1.96 bits per heavy atom. The van der Waals surface area contributed by atoms with Crippen molar-refractivity contribution in [2.24, 2.45) is 5.92 Å². The molecule has 25 heavy (non-hydrogen) atoms. The van der Waals surface area contributed by atoms with Crippen LogP contribution in [0.5, 0.6) is 0 Å². The van der Waals surface area contributed by atoms with Crippen LogP contribution in [0.2, 0.25) is 0 Å². The molecule has 2 unspecified atom stereocenters. The summed E-state index contributed by atoms with van der Waals surface area (Å²) in [6, 6.07) is 7.63. The van der Waals surface area contributed by atoms with E-state index in [-0.39, 0.29) is 5.41 Å². The van der Waals surface area contributed by atoms with Crippen molar-refractivity contribution < 1.29 is 10.2 Å². The molecule has 1 aromatic carbocycles. The molecule has 2 atom stereocenters. The van der Waals surface area contributed by atoms with Gasteiger partial charge in [-0.3, -0.25) is 0 Å². The van der Waals surface area contributed by atoms with Crippen molar-refractivity contribution in [3.8, 4) is 0 Å². The number of para-hydroxylation sites is 1. The first-order valence-electron chi connectivity index (χ1n) is 8.44. The molecule has 4 rings (SSSR count). The van der Waals surface area contributed by atoms with E-state index < -0.39 is 24.2 Å². The van der Waals surface area contributed by atoms with E-state index in [2.05, 4.69) is 41.2 Å². The maximum Gasteiger partial charge on any atom is 0.182 e. The second-order valence-corrected chi connectivity index (χ2v) is 8.16. The second kappa shape index (κ2) is 5.83. The molecule has 2 aromatic rings. The molecule has 1 fully saturated rings. The third kappa shape index (κ3) is 2.47. The van der Waals surface area contributed by atoms with Crippen LogP contribution in [-0.4, -0.2) is 30.3 Å². The normalized spacial score (nSPS) is 31.7. The molecule has 0 radical (unpaired) electrons. The van der Waals surface area contributed by atoms with Gasteiger partial charge in [-0.1, -0.05) is 38.1 Å². The van der Waals surface area contributed by atoms with E-state index in [1.807, 2.05) is 30.6 Å². The van der Waals surface area contributed by atoms with E-state index in [0.29, 0.717) is 5.13 Å². The number of allylic oxidation sites excluding steroid dienone is 1. The largest absolute Gasteiger partial charge is 0.850 e. The lowest BCUT2D eigenvalue weighted by Crippen LogP contribution is -2.72. The van der Waals surface area contributed by atoms with Gasteiger partial charge in [-0.05, 0) is 17.5 Å². The quantitative estimate of drug-likeness (QED) is 0.899. The molecule has 6 heteroatoms. The zero-order valence-corrected chi connectivity index (χ0v) is 15.3. The van der Waals surface area contributed by atoms with Gasteiger partial charge in [-0.25, -0.2) is 4.98 Å². The maximum atomic E-state index is 12.6. The minimum absolute atomic E-state index is 0.210. The Morgan fingerprint density at radius 1 is 1.24 bits per heavy atom. The Morgan fingerprint density at radius 3 is 2.60 bits per heavy atom. The number of thiazole rings is 1. The monoisotopic (exact) mass is 355 g/mol. The molecule has 1 saturated carbocycles. The van der Waals surface area contributed by atoms with Crippen molar-refractivity contribution in [1.82, 2.24) is 4.98 Å². The summed E-state index contributed by atoms with van der Waals surface area (Å²) in [5.41, 5.74) is 3.19. The van der Waals surface area contributed by atoms with Gasteiger partial charge < -0.3 is 20.4 Å². The predicted octanol–water partition coefficient (Wildman–Crippen LogP) is 1.32. The highest BCUT2D eigenvalue weighted by atomic mass is 32.1. The van der Waals surface area contributed by atoms with Gasteiger partial charge in [-0.2, -0.15) is 0 Å². The average molecular weight is 355 g/mol. The van der Waals surface area contributed by atoms with Gasteiger partial charge in [0.25, 0.3) is 0 Å². The summed E-state index contributed by atoms with van der Waals surface area (Å²) in [5, 5.41) is 30.7. The van der Waals surface area contributed by atoms with Crippen LogP contribution in [0.15, 0.2) is 47.6 Å². The van der Waals surface area contributed by atoms with E-state index in [4.69, 9.17) is 0 Å². The van der Waals surface area contributed by atoms with Crippen LogP contribution >= 0.6 is 11.3 Å². The van der Waals surface area contributed by atoms with E-state index in [1.165, 1.54) is 16.9 Å². The number of benzene rings is 1. The van der Waals surface area contributed by atoms with E-state index in [9.17, 15) is 10.2 Å². The molecule has 0 spiro atoms. The highest BCUT2D eigenvalue weighted by Gasteiger charge is 2.42. The van der Waals surface area contributed by atoms with Crippen LogP contribution in [0.4, 0.5) is 10.8 Å². The van der Waals surface area contributed by atoms with E-state index in [0.717, 1.165) is 11.4 Å². The average Bonchev–Trinajstić information content (AvgIpc) is 3.18. The Hall–Kier alpha value is -1.89. The van der Waals surface area contributed by atoms with Crippen molar-refractivity contribution in [3.05, 3.63) is 53.2 Å². The van der Waals surface area contributed by atoms with Crippen LogP contribution in [0.1, 0.15) is 19.4 Å². The number of fused-ring (bicyclic) bond motifs is 1. The number of hydrogen-bond acceptors (Lipinski definition) is 6. The summed E-state index contributed by atoms with van der Waals surface area (Å²) in [5.74, 6) is -0.511. The summed E-state index contributed by atoms with van der Waals surface area (Å²) >= 11 is 1.41. The van der Waals surface area contributed by atoms with E-state index in [1.54, 1.807) is 6.20 Å². The molecule has 1 aliphatic carbocycles. The first-order valence-corrected chi connectivity index (χ1v) is 9.32. The summed E-state index contributed by atoms with van der Waals surface area (Å²) in [7, 11) is 2.00. The minimum Gasteiger partial charge on any atom is -0.850 e. The number of likely N-dealkylation sites (N-methyl/N-ethyl adjacent to an activating group) is 1. The second-order valence-electron chi connectivity index (χ2n) is 7.27. The lowest BCUT2D eigenvalue weighted by Gasteiger charge is -2.60. The van der Waals surface area contributed by atoms with Crippen LogP contribution in [-0.2, 0) is 5.41 Å². The third-order valence-corrected chi connectivity index (χ3v) is 6.18. The number of nitrogens with zero attached hydrogens (tertiary/aromatic N) is 2. The van der Waals surface area contributed by atoms with Gasteiger partial charge >= 0.3 is 0 Å². The number of nitrogens with one attached hydrogen (secondary N) is 1. The first-order chi connectivity index (χ1) is 11.9. The molecule has 0 saturated heterocycles. The molecule has 1 aromatic heterocycles. The standard InChI is InChI=1S/C19H21N3O2S/c1-19(2)12-6-4-5-7-13(12)22(3)14(19)10-11-16(23)15(17(11)24)21-18-20-8-9-25-18/h4-11,15-17H,1-3H3,(H,20,21)/q-2/b14-10+. The van der Waals surface area contributed by atoms with E-state index >= 15 is 0 Å². The molecular weight excluding hydrogens is 334 g/mol.